The molecule has 0 aromatic heterocycles. The first-order chi connectivity index (χ1) is 8.50. The fourth-order valence-corrected chi connectivity index (χ4v) is 2.58. The number of likely N-dealkylation sites (tertiary alicyclic amines) is 1. The van der Waals surface area contributed by atoms with E-state index in [1.807, 2.05) is 6.92 Å². The summed E-state index contributed by atoms with van der Waals surface area (Å²) in [6.45, 7) is 2.59. The van der Waals surface area contributed by atoms with Gasteiger partial charge < -0.3 is 4.90 Å². The summed E-state index contributed by atoms with van der Waals surface area (Å²) < 4.78 is 26.9. The standard InChI is InChI=1S/C13H14BrF2NO/c1-8-4-2-3-5-17(8)13(18)9-6-10(14)12(16)7-11(9)15/h6-8H,2-5H2,1H3. The van der Waals surface area contributed by atoms with E-state index in [9.17, 15) is 13.6 Å². The number of piperidine rings is 1. The van der Waals surface area contributed by atoms with Crippen LogP contribution >= 0.6 is 15.9 Å². The Labute approximate surface area is 113 Å². The summed E-state index contributed by atoms with van der Waals surface area (Å²) in [5.74, 6) is -1.87. The molecule has 1 unspecified atom stereocenters. The molecular weight excluding hydrogens is 304 g/mol. The highest BCUT2D eigenvalue weighted by Crippen LogP contribution is 2.24. The SMILES string of the molecule is CC1CCCCN1C(=O)c1cc(Br)c(F)cc1F. The summed E-state index contributed by atoms with van der Waals surface area (Å²) in [6.07, 6.45) is 2.94. The van der Waals surface area contributed by atoms with Crippen LogP contribution in [-0.4, -0.2) is 23.4 Å². The lowest BCUT2D eigenvalue weighted by atomic mass is 10.0. The molecule has 5 heteroatoms. The number of carbonyl (C=O) groups excluding carboxylic acids is 1. The molecule has 1 atom stereocenters. The van der Waals surface area contributed by atoms with Gasteiger partial charge in [0.15, 0.2) is 0 Å². The minimum absolute atomic E-state index is 0.0722. The first-order valence-electron chi connectivity index (χ1n) is 5.96. The molecule has 2 nitrogen and oxygen atoms in total. The second kappa shape index (κ2) is 5.34. The van der Waals surface area contributed by atoms with Crippen molar-refractivity contribution >= 4 is 21.8 Å². The average molecular weight is 318 g/mol. The molecule has 18 heavy (non-hydrogen) atoms. The van der Waals surface area contributed by atoms with Crippen molar-refractivity contribution in [2.45, 2.75) is 32.2 Å². The maximum absolute atomic E-state index is 13.7. The number of benzene rings is 1. The van der Waals surface area contributed by atoms with Gasteiger partial charge in [0.2, 0.25) is 0 Å². The number of halogens is 3. The van der Waals surface area contributed by atoms with Crippen LogP contribution in [0.2, 0.25) is 0 Å². The van der Waals surface area contributed by atoms with Gasteiger partial charge in [-0.05, 0) is 48.2 Å². The quantitative estimate of drug-likeness (QED) is 0.722. The lowest BCUT2D eigenvalue weighted by Gasteiger charge is -2.33. The fraction of sp³-hybridized carbons (Fsp3) is 0.462. The summed E-state index contributed by atoms with van der Waals surface area (Å²) in [7, 11) is 0. The van der Waals surface area contributed by atoms with Crippen molar-refractivity contribution in [2.75, 3.05) is 6.54 Å². The summed E-state index contributed by atoms with van der Waals surface area (Å²) in [6, 6.07) is 2.06. The van der Waals surface area contributed by atoms with E-state index in [0.717, 1.165) is 25.3 Å². The van der Waals surface area contributed by atoms with E-state index in [1.165, 1.54) is 6.07 Å². The molecule has 1 fully saturated rings. The van der Waals surface area contributed by atoms with Crippen molar-refractivity contribution in [1.29, 1.82) is 0 Å². The van der Waals surface area contributed by atoms with Gasteiger partial charge in [-0.3, -0.25) is 4.79 Å². The van der Waals surface area contributed by atoms with Gasteiger partial charge in [0.1, 0.15) is 11.6 Å². The molecule has 0 N–H and O–H groups in total. The molecule has 0 aliphatic carbocycles. The van der Waals surface area contributed by atoms with Crippen LogP contribution in [0.3, 0.4) is 0 Å². The number of carbonyl (C=O) groups is 1. The zero-order valence-corrected chi connectivity index (χ0v) is 11.6. The van der Waals surface area contributed by atoms with Gasteiger partial charge in [0.25, 0.3) is 5.91 Å². The van der Waals surface area contributed by atoms with E-state index in [1.54, 1.807) is 4.90 Å². The lowest BCUT2D eigenvalue weighted by Crippen LogP contribution is -2.42. The molecule has 0 spiro atoms. The highest BCUT2D eigenvalue weighted by atomic mass is 79.9. The van der Waals surface area contributed by atoms with Crippen LogP contribution in [0.15, 0.2) is 16.6 Å². The fourth-order valence-electron chi connectivity index (χ4n) is 2.24. The van der Waals surface area contributed by atoms with Crippen molar-refractivity contribution in [3.8, 4) is 0 Å². The van der Waals surface area contributed by atoms with Gasteiger partial charge in [-0.2, -0.15) is 0 Å². The van der Waals surface area contributed by atoms with E-state index >= 15 is 0 Å². The first-order valence-corrected chi connectivity index (χ1v) is 6.75. The van der Waals surface area contributed by atoms with Crippen LogP contribution in [-0.2, 0) is 0 Å². The highest BCUT2D eigenvalue weighted by Gasteiger charge is 2.26. The van der Waals surface area contributed by atoms with Crippen LogP contribution in [0.25, 0.3) is 0 Å². The molecule has 1 saturated heterocycles. The Morgan fingerprint density at radius 1 is 1.33 bits per heavy atom. The topological polar surface area (TPSA) is 20.3 Å². The minimum Gasteiger partial charge on any atom is -0.336 e. The van der Waals surface area contributed by atoms with E-state index in [2.05, 4.69) is 15.9 Å². The Bertz CT molecular complexity index is 478. The molecule has 1 aromatic rings. The lowest BCUT2D eigenvalue weighted by molar-refractivity contribution is 0.0630. The second-order valence-electron chi connectivity index (χ2n) is 4.59. The Morgan fingerprint density at radius 3 is 2.72 bits per heavy atom. The van der Waals surface area contributed by atoms with Crippen LogP contribution in [0.5, 0.6) is 0 Å². The maximum atomic E-state index is 13.7. The molecule has 1 amide bonds. The summed E-state index contributed by atoms with van der Waals surface area (Å²) in [5.41, 5.74) is -0.0722. The number of rotatable bonds is 1. The van der Waals surface area contributed by atoms with Gasteiger partial charge >= 0.3 is 0 Å². The van der Waals surface area contributed by atoms with Gasteiger partial charge in [0.05, 0.1) is 10.0 Å². The second-order valence-corrected chi connectivity index (χ2v) is 5.44. The molecule has 1 heterocycles. The smallest absolute Gasteiger partial charge is 0.257 e. The highest BCUT2D eigenvalue weighted by molar-refractivity contribution is 9.10. The van der Waals surface area contributed by atoms with Gasteiger partial charge in [-0.25, -0.2) is 8.78 Å². The Kier molecular flexibility index (Phi) is 4.00. The van der Waals surface area contributed by atoms with Crippen LogP contribution in [0, 0.1) is 11.6 Å². The number of hydrogen-bond donors (Lipinski definition) is 0. The third kappa shape index (κ3) is 2.55. The van der Waals surface area contributed by atoms with Gasteiger partial charge in [0, 0.05) is 18.7 Å². The Balaban J connectivity index is 2.30. The van der Waals surface area contributed by atoms with Crippen molar-refractivity contribution in [3.05, 3.63) is 33.8 Å². The maximum Gasteiger partial charge on any atom is 0.257 e. The van der Waals surface area contributed by atoms with Crippen molar-refractivity contribution in [2.24, 2.45) is 0 Å². The summed E-state index contributed by atoms with van der Waals surface area (Å²) in [5, 5.41) is 0. The van der Waals surface area contributed by atoms with Crippen molar-refractivity contribution in [3.63, 3.8) is 0 Å². The molecule has 98 valence electrons. The average Bonchev–Trinajstić information content (AvgIpc) is 2.33. The van der Waals surface area contributed by atoms with Crippen LogP contribution in [0.1, 0.15) is 36.5 Å². The zero-order chi connectivity index (χ0) is 13.3. The molecule has 0 bridgehead atoms. The van der Waals surface area contributed by atoms with E-state index in [4.69, 9.17) is 0 Å². The van der Waals surface area contributed by atoms with Crippen molar-refractivity contribution in [1.82, 2.24) is 4.90 Å². The van der Waals surface area contributed by atoms with E-state index < -0.39 is 11.6 Å². The first kappa shape index (κ1) is 13.5. The predicted octanol–water partition coefficient (Wildman–Crippen LogP) is 3.74. The van der Waals surface area contributed by atoms with Gasteiger partial charge in [-0.15, -0.1) is 0 Å². The number of hydrogen-bond acceptors (Lipinski definition) is 1. The van der Waals surface area contributed by atoms with Gasteiger partial charge in [-0.1, -0.05) is 0 Å². The Hall–Kier alpha value is -0.970. The zero-order valence-electron chi connectivity index (χ0n) is 10.0. The van der Waals surface area contributed by atoms with E-state index in [-0.39, 0.29) is 22.0 Å². The monoisotopic (exact) mass is 317 g/mol. The summed E-state index contributed by atoms with van der Waals surface area (Å²) in [4.78, 5) is 13.9. The third-order valence-electron chi connectivity index (χ3n) is 3.30. The normalized spacial score (nSPS) is 20.0. The van der Waals surface area contributed by atoms with E-state index in [0.29, 0.717) is 6.54 Å². The summed E-state index contributed by atoms with van der Waals surface area (Å²) >= 11 is 2.98. The predicted molar refractivity (Wildman–Crippen MR) is 68.4 cm³/mol. The molecule has 1 aliphatic rings. The molecular formula is C13H14BrF2NO. The Morgan fingerprint density at radius 2 is 2.06 bits per heavy atom. The largest absolute Gasteiger partial charge is 0.336 e. The molecule has 1 aromatic carbocycles. The van der Waals surface area contributed by atoms with Crippen molar-refractivity contribution < 1.29 is 13.6 Å². The van der Waals surface area contributed by atoms with Crippen LogP contribution in [0.4, 0.5) is 8.78 Å². The molecule has 0 radical (unpaired) electrons. The number of nitrogens with zero attached hydrogens (tertiary/aromatic N) is 1. The molecule has 1 aliphatic heterocycles. The van der Waals surface area contributed by atoms with Crippen LogP contribution < -0.4 is 0 Å². The molecule has 2 rings (SSSR count). The number of amides is 1. The molecule has 0 saturated carbocycles. The minimum atomic E-state index is -0.807. The third-order valence-corrected chi connectivity index (χ3v) is 3.91.